The lowest BCUT2D eigenvalue weighted by Gasteiger charge is -2.17. The van der Waals surface area contributed by atoms with Crippen LogP contribution >= 0.6 is 11.6 Å². The van der Waals surface area contributed by atoms with Crippen LogP contribution in [0.1, 0.15) is 0 Å². The molecule has 2 N–H and O–H groups in total. The highest BCUT2D eigenvalue weighted by Gasteiger charge is 2.14. The van der Waals surface area contributed by atoms with Gasteiger partial charge in [-0.1, -0.05) is 48.0 Å². The number of halogens is 1. The number of aliphatic hydroxyl groups excluding tert-OH is 1. The van der Waals surface area contributed by atoms with E-state index in [9.17, 15) is 5.11 Å². The van der Waals surface area contributed by atoms with Gasteiger partial charge in [-0.25, -0.2) is 0 Å². The van der Waals surface area contributed by atoms with Crippen molar-refractivity contribution in [3.63, 3.8) is 0 Å². The van der Waals surface area contributed by atoms with Crippen LogP contribution in [-0.4, -0.2) is 29.4 Å². The molecule has 0 saturated heterocycles. The topological polar surface area (TPSA) is 46.4 Å². The molecule has 27 heavy (non-hydrogen) atoms. The Hall–Kier alpha value is -2.69. The van der Waals surface area contributed by atoms with Crippen LogP contribution in [0.3, 0.4) is 0 Å². The quantitative estimate of drug-likeness (QED) is 0.498. The first-order valence-electron chi connectivity index (χ1n) is 8.89. The molecule has 138 valence electrons. The lowest BCUT2D eigenvalue weighted by Crippen LogP contribution is -2.25. The minimum absolute atomic E-state index is 0.386. The van der Waals surface area contributed by atoms with Crippen LogP contribution in [0.4, 0.5) is 5.69 Å². The molecule has 0 saturated carbocycles. The molecule has 0 radical (unpaired) electrons. The van der Waals surface area contributed by atoms with Crippen LogP contribution in [0.2, 0.25) is 5.02 Å². The number of hydrogen-bond donors (Lipinski definition) is 2. The Labute approximate surface area is 162 Å². The van der Waals surface area contributed by atoms with Crippen molar-refractivity contribution in [2.45, 2.75) is 12.6 Å². The second-order valence-corrected chi connectivity index (χ2v) is 6.96. The van der Waals surface area contributed by atoms with Crippen LogP contribution in [0.15, 0.2) is 66.7 Å². The maximum atomic E-state index is 10.7. The number of nitrogens with zero attached hydrogens (tertiary/aromatic N) is 1. The number of aromatic nitrogens is 1. The largest absolute Gasteiger partial charge is 0.495 e. The van der Waals surface area contributed by atoms with Crippen LogP contribution in [0.5, 0.6) is 5.75 Å². The molecule has 0 fully saturated rings. The first-order chi connectivity index (χ1) is 13.2. The summed E-state index contributed by atoms with van der Waals surface area (Å²) in [5, 5.41) is 16.9. The van der Waals surface area contributed by atoms with E-state index in [2.05, 4.69) is 34.1 Å². The van der Waals surface area contributed by atoms with E-state index in [0.29, 0.717) is 23.9 Å². The molecule has 0 aliphatic heterocycles. The van der Waals surface area contributed by atoms with E-state index in [1.165, 1.54) is 10.8 Å². The van der Waals surface area contributed by atoms with Crippen LogP contribution in [-0.2, 0) is 6.54 Å². The normalized spacial score (nSPS) is 12.4. The molecule has 3 aromatic carbocycles. The zero-order valence-electron chi connectivity index (χ0n) is 15.0. The fraction of sp³-hybridized carbons (Fsp3) is 0.182. The van der Waals surface area contributed by atoms with Crippen molar-refractivity contribution in [2.24, 2.45) is 0 Å². The molecule has 0 aliphatic carbocycles. The van der Waals surface area contributed by atoms with Gasteiger partial charge >= 0.3 is 0 Å². The van der Waals surface area contributed by atoms with Crippen molar-refractivity contribution in [3.8, 4) is 5.75 Å². The summed E-state index contributed by atoms with van der Waals surface area (Å²) < 4.78 is 7.52. The van der Waals surface area contributed by atoms with Gasteiger partial charge in [-0.2, -0.15) is 0 Å². The highest BCUT2D eigenvalue weighted by Crippen LogP contribution is 2.30. The number of fused-ring (bicyclic) bond motifs is 3. The predicted molar refractivity (Wildman–Crippen MR) is 112 cm³/mol. The third-order valence-electron chi connectivity index (χ3n) is 4.76. The third-order valence-corrected chi connectivity index (χ3v) is 5.00. The second-order valence-electron chi connectivity index (χ2n) is 6.52. The third kappa shape index (κ3) is 3.46. The molecule has 0 aliphatic rings. The van der Waals surface area contributed by atoms with Gasteiger partial charge in [0.25, 0.3) is 0 Å². The van der Waals surface area contributed by atoms with Gasteiger partial charge in [0.2, 0.25) is 0 Å². The van der Waals surface area contributed by atoms with Crippen molar-refractivity contribution in [1.29, 1.82) is 0 Å². The predicted octanol–water partition coefficient (Wildman–Crippen LogP) is 4.93. The van der Waals surface area contributed by atoms with Gasteiger partial charge in [-0.15, -0.1) is 0 Å². The fourth-order valence-electron chi connectivity index (χ4n) is 3.52. The Balaban J connectivity index is 1.58. The fourth-order valence-corrected chi connectivity index (χ4v) is 3.69. The van der Waals surface area contributed by atoms with E-state index in [-0.39, 0.29) is 0 Å². The molecule has 0 amide bonds. The summed E-state index contributed by atoms with van der Waals surface area (Å²) in [5.74, 6) is 0.698. The summed E-state index contributed by atoms with van der Waals surface area (Å²) in [6.07, 6.45) is -0.576. The van der Waals surface area contributed by atoms with Gasteiger partial charge in [0, 0.05) is 33.4 Å². The molecule has 0 spiro atoms. The molecule has 0 bridgehead atoms. The molecule has 1 heterocycles. The SMILES string of the molecule is COc1ccc(Cl)cc1NC[C@@H](O)Cn1c2ccccc2c2ccccc21. The summed E-state index contributed by atoms with van der Waals surface area (Å²) in [6.45, 7) is 0.876. The average Bonchev–Trinajstić information content (AvgIpc) is 3.01. The number of benzene rings is 3. The maximum absolute atomic E-state index is 10.7. The Morgan fingerprint density at radius 3 is 2.26 bits per heavy atom. The van der Waals surface area contributed by atoms with E-state index in [1.807, 2.05) is 30.3 Å². The molecule has 1 atom stereocenters. The molecule has 4 rings (SSSR count). The molecule has 5 heteroatoms. The second kappa shape index (κ2) is 7.51. The lowest BCUT2D eigenvalue weighted by molar-refractivity contribution is 0.169. The number of methoxy groups -OCH3 is 1. The van der Waals surface area contributed by atoms with Crippen molar-refractivity contribution in [2.75, 3.05) is 19.0 Å². The number of para-hydroxylation sites is 2. The summed E-state index contributed by atoms with van der Waals surface area (Å²) >= 11 is 6.07. The van der Waals surface area contributed by atoms with Crippen molar-refractivity contribution < 1.29 is 9.84 Å². The zero-order chi connectivity index (χ0) is 18.8. The Morgan fingerprint density at radius 1 is 1.00 bits per heavy atom. The summed E-state index contributed by atoms with van der Waals surface area (Å²) in [5.41, 5.74) is 3.02. The minimum atomic E-state index is -0.576. The number of hydrogen-bond acceptors (Lipinski definition) is 3. The summed E-state index contributed by atoms with van der Waals surface area (Å²) in [6, 6.07) is 22.0. The van der Waals surface area contributed by atoms with Crippen LogP contribution in [0, 0.1) is 0 Å². The van der Waals surface area contributed by atoms with Gasteiger partial charge in [0.05, 0.1) is 25.4 Å². The molecule has 0 unspecified atom stereocenters. The molecule has 4 aromatic rings. The first-order valence-corrected chi connectivity index (χ1v) is 9.26. The van der Waals surface area contributed by atoms with E-state index < -0.39 is 6.10 Å². The van der Waals surface area contributed by atoms with E-state index >= 15 is 0 Å². The van der Waals surface area contributed by atoms with Crippen molar-refractivity contribution in [1.82, 2.24) is 4.57 Å². The molecular weight excluding hydrogens is 360 g/mol. The smallest absolute Gasteiger partial charge is 0.142 e. The number of nitrogens with one attached hydrogen (secondary N) is 1. The van der Waals surface area contributed by atoms with E-state index in [1.54, 1.807) is 19.2 Å². The lowest BCUT2D eigenvalue weighted by atomic mass is 10.2. The minimum Gasteiger partial charge on any atom is -0.495 e. The van der Waals surface area contributed by atoms with Crippen molar-refractivity contribution in [3.05, 3.63) is 71.8 Å². The van der Waals surface area contributed by atoms with Crippen LogP contribution in [0.25, 0.3) is 21.8 Å². The first kappa shape index (κ1) is 17.7. The monoisotopic (exact) mass is 380 g/mol. The standard InChI is InChI=1S/C22H21ClN2O2/c1-27-22-11-10-15(23)12-19(22)24-13-16(26)14-25-20-8-4-2-6-17(20)18-7-3-5-9-21(18)25/h2-12,16,24,26H,13-14H2,1H3/t16-/m1/s1. The van der Waals surface area contributed by atoms with Gasteiger partial charge < -0.3 is 19.7 Å². The van der Waals surface area contributed by atoms with E-state index in [0.717, 1.165) is 16.7 Å². The van der Waals surface area contributed by atoms with E-state index in [4.69, 9.17) is 16.3 Å². The van der Waals surface area contributed by atoms with Gasteiger partial charge in [-0.05, 0) is 30.3 Å². The highest BCUT2D eigenvalue weighted by molar-refractivity contribution is 6.30. The number of ether oxygens (including phenoxy) is 1. The van der Waals surface area contributed by atoms with Gasteiger partial charge in [0.1, 0.15) is 5.75 Å². The Morgan fingerprint density at radius 2 is 1.63 bits per heavy atom. The number of anilines is 1. The molecule has 1 aromatic heterocycles. The molecular formula is C22H21ClN2O2. The van der Waals surface area contributed by atoms with Gasteiger partial charge in [0.15, 0.2) is 0 Å². The average molecular weight is 381 g/mol. The maximum Gasteiger partial charge on any atom is 0.142 e. The number of rotatable bonds is 6. The number of aliphatic hydroxyl groups is 1. The summed E-state index contributed by atoms with van der Waals surface area (Å²) in [4.78, 5) is 0. The Bertz CT molecular complexity index is 1040. The van der Waals surface area contributed by atoms with Gasteiger partial charge in [-0.3, -0.25) is 0 Å². The van der Waals surface area contributed by atoms with Crippen molar-refractivity contribution >= 4 is 39.1 Å². The van der Waals surface area contributed by atoms with Crippen LogP contribution < -0.4 is 10.1 Å². The zero-order valence-corrected chi connectivity index (χ0v) is 15.8. The summed E-state index contributed by atoms with van der Waals surface area (Å²) in [7, 11) is 1.61. The Kier molecular flexibility index (Phi) is 4.92. The molecule has 4 nitrogen and oxygen atoms in total. The highest BCUT2D eigenvalue weighted by atomic mass is 35.5.